The molecule has 0 spiro atoms. The van der Waals surface area contributed by atoms with E-state index in [1.54, 1.807) is 11.8 Å². The number of unbranched alkanes of at least 4 members (excludes halogenated alkanes) is 2. The predicted molar refractivity (Wildman–Crippen MR) is 89.6 cm³/mol. The van der Waals surface area contributed by atoms with Gasteiger partial charge in [0.05, 0.1) is 13.0 Å². The fraction of sp³-hybridized carbons (Fsp3) is 0.733. The topological polar surface area (TPSA) is 87.7 Å². The molecule has 0 aromatic carbocycles. The number of rotatable bonds is 7. The van der Waals surface area contributed by atoms with E-state index < -0.39 is 12.0 Å². The molecule has 0 saturated carbocycles. The molecular weight excluding hydrogens is 318 g/mol. The highest BCUT2D eigenvalue weighted by Gasteiger charge is 2.34. The predicted octanol–water partition coefficient (Wildman–Crippen LogP) is 0.721. The largest absolute Gasteiger partial charge is 0.466 e. The van der Waals surface area contributed by atoms with Gasteiger partial charge in [-0.2, -0.15) is 0 Å². The van der Waals surface area contributed by atoms with E-state index in [0.29, 0.717) is 19.5 Å². The Morgan fingerprint density at radius 1 is 1.39 bits per heavy atom. The van der Waals surface area contributed by atoms with Crippen LogP contribution in [0.4, 0.5) is 0 Å². The second-order valence-corrected chi connectivity index (χ2v) is 5.71. The second kappa shape index (κ2) is 10.1. The number of carbonyl (C=O) groups excluding carboxylic acids is 3. The van der Waals surface area contributed by atoms with Crippen molar-refractivity contribution in [2.75, 3.05) is 19.7 Å². The van der Waals surface area contributed by atoms with Crippen molar-refractivity contribution in [1.82, 2.24) is 15.5 Å². The van der Waals surface area contributed by atoms with Crippen LogP contribution in [-0.4, -0.2) is 53.5 Å². The molecule has 1 fully saturated rings. The number of ether oxygens (including phenoxy) is 1. The van der Waals surface area contributed by atoms with Crippen LogP contribution in [0.2, 0.25) is 0 Å². The number of piperazine rings is 1. The fourth-order valence-electron chi connectivity index (χ4n) is 2.33. The van der Waals surface area contributed by atoms with Crippen LogP contribution < -0.4 is 10.6 Å². The highest BCUT2D eigenvalue weighted by molar-refractivity contribution is 7.80. The standard InChI is InChI=1S/C15H25N3O4S/c1-3-5-6-7-12(19)17-15(23)18-9-8-16-14(21)11(18)10-13(20)22-4-2/h11H,3-10H2,1-2H3,(H,16,21)(H,17,19,23). The number of nitrogens with zero attached hydrogens (tertiary/aromatic N) is 1. The van der Waals surface area contributed by atoms with Crippen LogP contribution in [0.25, 0.3) is 0 Å². The van der Waals surface area contributed by atoms with Gasteiger partial charge in [-0.15, -0.1) is 0 Å². The molecule has 0 aromatic heterocycles. The first kappa shape index (κ1) is 19.3. The third-order valence-electron chi connectivity index (χ3n) is 3.51. The van der Waals surface area contributed by atoms with E-state index in [9.17, 15) is 14.4 Å². The summed E-state index contributed by atoms with van der Waals surface area (Å²) >= 11 is 5.24. The summed E-state index contributed by atoms with van der Waals surface area (Å²) in [6.07, 6.45) is 3.13. The second-order valence-electron chi connectivity index (χ2n) is 5.32. The zero-order valence-electron chi connectivity index (χ0n) is 13.7. The fourth-order valence-corrected chi connectivity index (χ4v) is 2.66. The lowest BCUT2D eigenvalue weighted by atomic mass is 10.1. The Hall–Kier alpha value is -1.70. The van der Waals surface area contributed by atoms with Gasteiger partial charge in [-0.3, -0.25) is 14.4 Å². The van der Waals surface area contributed by atoms with Gasteiger partial charge in [-0.1, -0.05) is 19.8 Å². The van der Waals surface area contributed by atoms with Gasteiger partial charge in [0, 0.05) is 19.5 Å². The molecule has 0 bridgehead atoms. The van der Waals surface area contributed by atoms with Crippen LogP contribution in [0.15, 0.2) is 0 Å². The first-order valence-electron chi connectivity index (χ1n) is 8.03. The molecule has 8 heteroatoms. The van der Waals surface area contributed by atoms with Crippen LogP contribution in [-0.2, 0) is 19.1 Å². The monoisotopic (exact) mass is 343 g/mol. The number of esters is 1. The molecule has 0 radical (unpaired) electrons. The summed E-state index contributed by atoms with van der Waals surface area (Å²) < 4.78 is 4.89. The van der Waals surface area contributed by atoms with Gasteiger partial charge < -0.3 is 20.3 Å². The Labute approximate surface area is 142 Å². The Morgan fingerprint density at radius 2 is 2.13 bits per heavy atom. The number of nitrogens with one attached hydrogen (secondary N) is 2. The number of hydrogen-bond donors (Lipinski definition) is 2. The summed E-state index contributed by atoms with van der Waals surface area (Å²) in [6.45, 7) is 4.90. The van der Waals surface area contributed by atoms with Gasteiger partial charge in [0.25, 0.3) is 0 Å². The molecule has 1 rings (SSSR count). The molecule has 7 nitrogen and oxygen atoms in total. The van der Waals surface area contributed by atoms with E-state index in [1.165, 1.54) is 0 Å². The number of thiocarbonyl (C=S) groups is 1. The van der Waals surface area contributed by atoms with Crippen LogP contribution in [0.5, 0.6) is 0 Å². The third-order valence-corrected chi connectivity index (χ3v) is 3.85. The maximum absolute atomic E-state index is 12.0. The Morgan fingerprint density at radius 3 is 2.78 bits per heavy atom. The molecule has 2 N–H and O–H groups in total. The highest BCUT2D eigenvalue weighted by atomic mass is 32.1. The van der Waals surface area contributed by atoms with Crippen LogP contribution in [0, 0.1) is 0 Å². The zero-order valence-corrected chi connectivity index (χ0v) is 14.5. The maximum Gasteiger partial charge on any atom is 0.308 e. The number of carbonyl (C=O) groups is 3. The summed E-state index contributed by atoms with van der Waals surface area (Å²) in [6, 6.07) is -0.744. The third kappa shape index (κ3) is 6.52. The van der Waals surface area contributed by atoms with Gasteiger partial charge in [-0.05, 0) is 25.6 Å². The van der Waals surface area contributed by atoms with Crippen molar-refractivity contribution in [2.24, 2.45) is 0 Å². The lowest BCUT2D eigenvalue weighted by Crippen LogP contribution is -2.60. The Balaban J connectivity index is 2.61. The molecule has 1 aliphatic heterocycles. The van der Waals surface area contributed by atoms with Gasteiger partial charge in [0.2, 0.25) is 11.8 Å². The van der Waals surface area contributed by atoms with Crippen molar-refractivity contribution in [3.05, 3.63) is 0 Å². The van der Waals surface area contributed by atoms with Crippen LogP contribution >= 0.6 is 12.2 Å². The van der Waals surface area contributed by atoms with Gasteiger partial charge in [0.1, 0.15) is 6.04 Å². The van der Waals surface area contributed by atoms with Gasteiger partial charge in [-0.25, -0.2) is 0 Å². The number of amides is 2. The molecule has 23 heavy (non-hydrogen) atoms. The lowest BCUT2D eigenvalue weighted by molar-refractivity contribution is -0.147. The van der Waals surface area contributed by atoms with Crippen molar-refractivity contribution in [1.29, 1.82) is 0 Å². The van der Waals surface area contributed by atoms with Gasteiger partial charge in [0.15, 0.2) is 5.11 Å². The van der Waals surface area contributed by atoms with E-state index in [2.05, 4.69) is 17.6 Å². The normalized spacial score (nSPS) is 17.4. The molecule has 130 valence electrons. The average molecular weight is 343 g/mol. The Bertz CT molecular complexity index is 456. The van der Waals surface area contributed by atoms with E-state index in [-0.39, 0.29) is 30.0 Å². The molecule has 0 aliphatic carbocycles. The van der Waals surface area contributed by atoms with E-state index >= 15 is 0 Å². The smallest absolute Gasteiger partial charge is 0.308 e. The Kier molecular flexibility index (Phi) is 8.53. The van der Waals surface area contributed by atoms with E-state index in [0.717, 1.165) is 19.3 Å². The molecular formula is C15H25N3O4S. The molecule has 1 atom stereocenters. The summed E-state index contributed by atoms with van der Waals surface area (Å²) in [5, 5.41) is 5.54. The van der Waals surface area contributed by atoms with E-state index in [1.807, 2.05) is 0 Å². The number of hydrogen-bond acceptors (Lipinski definition) is 5. The SMILES string of the molecule is CCCCCC(=O)NC(=S)N1CCNC(=O)C1CC(=O)OCC. The first-order valence-corrected chi connectivity index (χ1v) is 8.44. The minimum atomic E-state index is -0.744. The summed E-state index contributed by atoms with van der Waals surface area (Å²) in [7, 11) is 0. The molecule has 1 heterocycles. The van der Waals surface area contributed by atoms with Crippen LogP contribution in [0.1, 0.15) is 46.0 Å². The molecule has 1 aliphatic rings. The van der Waals surface area contributed by atoms with Crippen molar-refractivity contribution in [2.45, 2.75) is 52.0 Å². The first-order chi connectivity index (χ1) is 11.0. The molecule has 1 saturated heterocycles. The lowest BCUT2D eigenvalue weighted by Gasteiger charge is -2.36. The van der Waals surface area contributed by atoms with Gasteiger partial charge >= 0.3 is 5.97 Å². The maximum atomic E-state index is 12.0. The molecule has 0 aromatic rings. The quantitative estimate of drug-likeness (QED) is 0.402. The average Bonchev–Trinajstić information content (AvgIpc) is 2.49. The summed E-state index contributed by atoms with van der Waals surface area (Å²) in [4.78, 5) is 37.1. The molecule has 2 amide bonds. The van der Waals surface area contributed by atoms with Crippen molar-refractivity contribution in [3.63, 3.8) is 0 Å². The highest BCUT2D eigenvalue weighted by Crippen LogP contribution is 2.11. The zero-order chi connectivity index (χ0) is 17.2. The summed E-state index contributed by atoms with van der Waals surface area (Å²) in [5.41, 5.74) is 0. The van der Waals surface area contributed by atoms with Crippen LogP contribution in [0.3, 0.4) is 0 Å². The van der Waals surface area contributed by atoms with Crippen molar-refractivity contribution >= 4 is 35.1 Å². The van der Waals surface area contributed by atoms with Crippen molar-refractivity contribution < 1.29 is 19.1 Å². The minimum Gasteiger partial charge on any atom is -0.466 e. The van der Waals surface area contributed by atoms with E-state index in [4.69, 9.17) is 17.0 Å². The summed E-state index contributed by atoms with van der Waals surface area (Å²) in [5.74, 6) is -0.909. The molecule has 1 unspecified atom stereocenters. The van der Waals surface area contributed by atoms with Crippen molar-refractivity contribution in [3.8, 4) is 0 Å². The minimum absolute atomic E-state index is 0.0917.